The number of aryl methyl sites for hydroxylation is 1. The average molecular weight is 498 g/mol. The molecule has 192 valence electrons. The Hall–Kier alpha value is -3.78. The number of benzene rings is 2. The number of nitrogens with zero attached hydrogens (tertiary/aromatic N) is 5. The van der Waals surface area contributed by atoms with Crippen LogP contribution in [0, 0.1) is 5.41 Å². The lowest BCUT2D eigenvalue weighted by Crippen LogP contribution is -2.76. The van der Waals surface area contributed by atoms with Gasteiger partial charge in [-0.15, -0.1) is 0 Å². The van der Waals surface area contributed by atoms with Crippen molar-refractivity contribution in [3.05, 3.63) is 54.9 Å². The molecule has 4 aromatic rings. The number of nitrogens with one attached hydrogen (secondary N) is 1. The minimum Gasteiger partial charge on any atom is -0.494 e. The Kier molecular flexibility index (Phi) is 5.35. The van der Waals surface area contributed by atoms with Crippen molar-refractivity contribution in [1.29, 1.82) is 0 Å². The molecule has 0 unspecified atom stereocenters. The first-order chi connectivity index (χ1) is 17.7. The Bertz CT molecular complexity index is 1470. The number of hydrogen-bond donors (Lipinski definition) is 2. The molecule has 2 aromatic carbocycles. The van der Waals surface area contributed by atoms with E-state index in [9.17, 15) is 0 Å². The molecule has 8 heteroatoms. The van der Waals surface area contributed by atoms with Crippen molar-refractivity contribution in [1.82, 2.24) is 19.4 Å². The number of nitrogens with two attached hydrogens (primary N) is 1. The molecule has 0 spiro atoms. The van der Waals surface area contributed by atoms with E-state index in [4.69, 9.17) is 15.5 Å². The summed E-state index contributed by atoms with van der Waals surface area (Å²) in [5.41, 5.74) is 12.8. The summed E-state index contributed by atoms with van der Waals surface area (Å²) in [7, 11) is 10.2. The Morgan fingerprint density at radius 1 is 1.11 bits per heavy atom. The molecular formula is C29H35N7O. The van der Waals surface area contributed by atoms with Crippen LogP contribution >= 0.6 is 0 Å². The Labute approximate surface area is 218 Å². The molecule has 3 fully saturated rings. The van der Waals surface area contributed by atoms with Crippen LogP contribution in [0.5, 0.6) is 5.75 Å². The number of aromatic nitrogens is 3. The third-order valence-corrected chi connectivity index (χ3v) is 8.26. The van der Waals surface area contributed by atoms with Crippen molar-refractivity contribution >= 4 is 33.9 Å². The van der Waals surface area contributed by atoms with Gasteiger partial charge in [0.25, 0.3) is 0 Å². The zero-order chi connectivity index (χ0) is 25.9. The molecule has 8 nitrogen and oxygen atoms in total. The number of nitrogen functional groups attached to an aromatic ring is 1. The van der Waals surface area contributed by atoms with Gasteiger partial charge >= 0.3 is 0 Å². The Morgan fingerprint density at radius 3 is 2.59 bits per heavy atom. The number of rotatable bonds is 8. The fourth-order valence-corrected chi connectivity index (χ4v) is 6.77. The molecule has 0 amide bonds. The van der Waals surface area contributed by atoms with Gasteiger partial charge in [-0.3, -0.25) is 0 Å². The second kappa shape index (κ2) is 8.38. The van der Waals surface area contributed by atoms with Crippen molar-refractivity contribution in [2.24, 2.45) is 12.5 Å². The molecule has 0 atom stereocenters. The van der Waals surface area contributed by atoms with E-state index in [1.54, 1.807) is 13.3 Å². The fourth-order valence-electron chi connectivity index (χ4n) is 6.77. The summed E-state index contributed by atoms with van der Waals surface area (Å²) in [6, 6.07) is 14.2. The van der Waals surface area contributed by atoms with E-state index in [2.05, 4.69) is 64.1 Å². The zero-order valence-corrected chi connectivity index (χ0v) is 22.2. The molecule has 3 aliphatic rings. The predicted octanol–water partition coefficient (Wildman–Crippen LogP) is 4.89. The summed E-state index contributed by atoms with van der Waals surface area (Å²) >= 11 is 0. The Morgan fingerprint density at radius 2 is 1.86 bits per heavy atom. The molecule has 0 aliphatic heterocycles. The van der Waals surface area contributed by atoms with Crippen molar-refractivity contribution in [2.75, 3.05) is 50.7 Å². The predicted molar refractivity (Wildman–Crippen MR) is 151 cm³/mol. The van der Waals surface area contributed by atoms with E-state index < -0.39 is 0 Å². The highest BCUT2D eigenvalue weighted by atomic mass is 16.5. The van der Waals surface area contributed by atoms with Crippen LogP contribution in [-0.2, 0) is 7.05 Å². The van der Waals surface area contributed by atoms with Crippen LogP contribution in [0.25, 0.3) is 22.2 Å². The van der Waals surface area contributed by atoms with E-state index in [1.165, 1.54) is 19.3 Å². The Balaban J connectivity index is 1.26. The highest BCUT2D eigenvalue weighted by Gasteiger charge is 2.69. The van der Waals surface area contributed by atoms with Crippen molar-refractivity contribution < 1.29 is 4.74 Å². The second-order valence-corrected chi connectivity index (χ2v) is 11.2. The first kappa shape index (κ1) is 23.6. The highest BCUT2D eigenvalue weighted by molar-refractivity contribution is 5.95. The molecule has 3 N–H and O–H groups in total. The maximum atomic E-state index is 6.60. The molecular weight excluding hydrogens is 462 g/mol. The van der Waals surface area contributed by atoms with Gasteiger partial charge in [-0.05, 0) is 57.0 Å². The number of methoxy groups -OCH3 is 1. The van der Waals surface area contributed by atoms with Gasteiger partial charge in [0.15, 0.2) is 0 Å². The molecule has 3 saturated carbocycles. The summed E-state index contributed by atoms with van der Waals surface area (Å²) in [5, 5.41) is 4.50. The summed E-state index contributed by atoms with van der Waals surface area (Å²) in [5.74, 6) is 1.21. The van der Waals surface area contributed by atoms with Gasteiger partial charge in [-0.25, -0.2) is 9.97 Å². The molecule has 2 bridgehead atoms. The van der Waals surface area contributed by atoms with Crippen LogP contribution < -0.4 is 20.7 Å². The zero-order valence-electron chi connectivity index (χ0n) is 22.2. The third kappa shape index (κ3) is 3.78. The lowest BCUT2D eigenvalue weighted by atomic mass is 9.38. The van der Waals surface area contributed by atoms with Crippen molar-refractivity contribution in [3.8, 4) is 17.0 Å². The standard InChI is InChI=1S/C29H35N7O/c1-34(2)18-28-15-29(16-28,17-28)36(4)25-13-26(37-5)23(12-21(25)30)33-27-31-11-10-22(32-27)20-14-35(3)24-9-7-6-8-19(20)24/h6-14H,15-18,30H2,1-5H3,(H,31,32,33). The monoisotopic (exact) mass is 497 g/mol. The molecule has 2 heterocycles. The lowest BCUT2D eigenvalue weighted by Gasteiger charge is -2.74. The van der Waals surface area contributed by atoms with Gasteiger partial charge < -0.3 is 30.2 Å². The van der Waals surface area contributed by atoms with Gasteiger partial charge in [-0.1, -0.05) is 18.2 Å². The van der Waals surface area contributed by atoms with Crippen LogP contribution in [0.4, 0.5) is 23.0 Å². The van der Waals surface area contributed by atoms with E-state index >= 15 is 0 Å². The summed E-state index contributed by atoms with van der Waals surface area (Å²) in [6.07, 6.45) is 7.52. The number of hydrogen-bond acceptors (Lipinski definition) is 7. The minimum atomic E-state index is 0.208. The summed E-state index contributed by atoms with van der Waals surface area (Å²) < 4.78 is 7.90. The second-order valence-electron chi connectivity index (χ2n) is 11.2. The topological polar surface area (TPSA) is 84.5 Å². The van der Waals surface area contributed by atoms with Gasteiger partial charge in [0.1, 0.15) is 5.75 Å². The van der Waals surface area contributed by atoms with Crippen LogP contribution in [0.1, 0.15) is 19.3 Å². The first-order valence-electron chi connectivity index (χ1n) is 12.7. The van der Waals surface area contributed by atoms with E-state index in [-0.39, 0.29) is 5.54 Å². The van der Waals surface area contributed by atoms with Crippen LogP contribution in [-0.4, -0.2) is 59.8 Å². The van der Waals surface area contributed by atoms with Gasteiger partial charge in [0, 0.05) is 61.1 Å². The first-order valence-corrected chi connectivity index (χ1v) is 12.7. The minimum absolute atomic E-state index is 0.208. The largest absolute Gasteiger partial charge is 0.494 e. The quantitative estimate of drug-likeness (QED) is 0.335. The van der Waals surface area contributed by atoms with Gasteiger partial charge in [0.05, 0.1) is 29.9 Å². The number of fused-ring (bicyclic) bond motifs is 1. The van der Waals surface area contributed by atoms with Crippen molar-refractivity contribution in [3.63, 3.8) is 0 Å². The maximum Gasteiger partial charge on any atom is 0.227 e. The van der Waals surface area contributed by atoms with Gasteiger partial charge in [0.2, 0.25) is 5.95 Å². The number of para-hydroxylation sites is 1. The summed E-state index contributed by atoms with van der Waals surface area (Å²) in [4.78, 5) is 14.0. The lowest BCUT2D eigenvalue weighted by molar-refractivity contribution is -0.143. The number of ether oxygens (including phenoxy) is 1. The van der Waals surface area contributed by atoms with Crippen LogP contribution in [0.15, 0.2) is 54.9 Å². The van der Waals surface area contributed by atoms with E-state index in [0.29, 0.717) is 22.8 Å². The third-order valence-electron chi connectivity index (χ3n) is 8.26. The molecule has 0 radical (unpaired) electrons. The highest BCUT2D eigenvalue weighted by Crippen LogP contribution is 2.70. The van der Waals surface area contributed by atoms with Gasteiger partial charge in [-0.2, -0.15) is 0 Å². The molecule has 2 aromatic heterocycles. The molecule has 7 rings (SSSR count). The normalized spacial score (nSPS) is 22.0. The molecule has 37 heavy (non-hydrogen) atoms. The SMILES string of the molecule is COc1cc(N(C)C23CC(CN(C)C)(C2)C3)c(N)cc1Nc1nccc(-c2cn(C)c3ccccc23)n1. The van der Waals surface area contributed by atoms with Crippen molar-refractivity contribution in [2.45, 2.75) is 24.8 Å². The average Bonchev–Trinajstić information content (AvgIpc) is 3.17. The summed E-state index contributed by atoms with van der Waals surface area (Å²) in [6.45, 7) is 1.15. The van der Waals surface area contributed by atoms with E-state index in [1.807, 2.05) is 37.4 Å². The van der Waals surface area contributed by atoms with Crippen LogP contribution in [0.3, 0.4) is 0 Å². The maximum absolute atomic E-state index is 6.60. The van der Waals surface area contributed by atoms with Crippen LogP contribution in [0.2, 0.25) is 0 Å². The molecule has 0 saturated heterocycles. The smallest absolute Gasteiger partial charge is 0.227 e. The fraction of sp³-hybridized carbons (Fsp3) is 0.379. The van der Waals surface area contributed by atoms with E-state index in [0.717, 1.165) is 40.1 Å². The number of anilines is 4. The molecule has 3 aliphatic carbocycles.